The maximum Gasteiger partial charge on any atom is 0.0541 e. The van der Waals surface area contributed by atoms with Crippen LogP contribution in [-0.2, 0) is 0 Å². The average molecular weight is 715 g/mol. The van der Waals surface area contributed by atoms with E-state index in [-0.39, 0.29) is 0 Å². The molecule has 1 aromatic heterocycles. The van der Waals surface area contributed by atoms with Crippen LogP contribution in [0.3, 0.4) is 0 Å². The molecule has 56 heavy (non-hydrogen) atoms. The summed E-state index contributed by atoms with van der Waals surface area (Å²) in [6.07, 6.45) is 0. The van der Waals surface area contributed by atoms with Crippen molar-refractivity contribution >= 4 is 38.9 Å². The topological polar surface area (TPSA) is 8.17 Å². The molecular weight excluding hydrogens is 677 g/mol. The van der Waals surface area contributed by atoms with E-state index in [0.717, 1.165) is 22.7 Å². The largest absolute Gasteiger partial charge is 0.310 e. The Kier molecular flexibility index (Phi) is 8.55. The lowest BCUT2D eigenvalue weighted by Crippen LogP contribution is -2.10. The van der Waals surface area contributed by atoms with Crippen LogP contribution in [0.1, 0.15) is 0 Å². The van der Waals surface area contributed by atoms with Crippen molar-refractivity contribution < 1.29 is 0 Å². The van der Waals surface area contributed by atoms with E-state index in [1.807, 2.05) is 0 Å². The highest BCUT2D eigenvalue weighted by Crippen LogP contribution is 2.40. The molecule has 0 fully saturated rings. The molecule has 10 aromatic rings. The first-order valence-corrected chi connectivity index (χ1v) is 19.2. The van der Waals surface area contributed by atoms with Crippen LogP contribution in [0.5, 0.6) is 0 Å². The molecule has 0 atom stereocenters. The van der Waals surface area contributed by atoms with E-state index in [9.17, 15) is 0 Å². The van der Waals surface area contributed by atoms with E-state index in [2.05, 4.69) is 240 Å². The molecule has 264 valence electrons. The van der Waals surface area contributed by atoms with Gasteiger partial charge in [0, 0.05) is 33.5 Å². The number of hydrogen-bond acceptors (Lipinski definition) is 1. The molecule has 0 aliphatic carbocycles. The predicted octanol–water partition coefficient (Wildman–Crippen LogP) is 14.9. The van der Waals surface area contributed by atoms with Gasteiger partial charge in [-0.1, -0.05) is 164 Å². The molecule has 9 aromatic carbocycles. The summed E-state index contributed by atoms with van der Waals surface area (Å²) < 4.78 is 2.40. The lowest BCUT2D eigenvalue weighted by Gasteiger charge is -2.26. The fourth-order valence-electron chi connectivity index (χ4n) is 8.02. The van der Waals surface area contributed by atoms with Crippen molar-refractivity contribution in [3.8, 4) is 50.2 Å². The zero-order valence-electron chi connectivity index (χ0n) is 30.8. The van der Waals surface area contributed by atoms with Crippen LogP contribution in [-0.4, -0.2) is 4.57 Å². The molecule has 10 rings (SSSR count). The minimum absolute atomic E-state index is 1.10. The third kappa shape index (κ3) is 6.24. The van der Waals surface area contributed by atoms with E-state index in [1.165, 1.54) is 66.3 Å². The maximum absolute atomic E-state index is 2.40. The van der Waals surface area contributed by atoms with Crippen LogP contribution in [0.4, 0.5) is 17.1 Å². The van der Waals surface area contributed by atoms with Gasteiger partial charge in [0.1, 0.15) is 0 Å². The molecule has 0 radical (unpaired) electrons. The highest BCUT2D eigenvalue weighted by molar-refractivity contribution is 6.10. The van der Waals surface area contributed by atoms with Gasteiger partial charge < -0.3 is 9.47 Å². The van der Waals surface area contributed by atoms with Gasteiger partial charge in [-0.25, -0.2) is 0 Å². The van der Waals surface area contributed by atoms with Gasteiger partial charge in [-0.3, -0.25) is 0 Å². The standard InChI is InChI=1S/C54H38N2/c1-4-14-39(15-5-1)42-26-31-47(32-27-42)55(49-22-12-20-44(36-49)40-16-6-2-7-17-40)48-33-28-43(29-34-48)46-30-35-54-52(38-46)51-24-10-11-25-53(51)56(54)50-23-13-21-45(37-50)41-18-8-3-9-19-41/h1-38H. The van der Waals surface area contributed by atoms with E-state index >= 15 is 0 Å². The summed E-state index contributed by atoms with van der Waals surface area (Å²) in [7, 11) is 0. The third-order valence-corrected chi connectivity index (χ3v) is 10.8. The van der Waals surface area contributed by atoms with Gasteiger partial charge in [0.2, 0.25) is 0 Å². The summed E-state index contributed by atoms with van der Waals surface area (Å²) in [6, 6.07) is 83.0. The number of aromatic nitrogens is 1. The Labute approximate surface area is 327 Å². The van der Waals surface area contributed by atoms with E-state index in [0.29, 0.717) is 0 Å². The summed E-state index contributed by atoms with van der Waals surface area (Å²) in [5, 5.41) is 2.49. The third-order valence-electron chi connectivity index (χ3n) is 10.8. The average Bonchev–Trinajstić information content (AvgIpc) is 3.62. The minimum Gasteiger partial charge on any atom is -0.310 e. The Morgan fingerprint density at radius 2 is 0.679 bits per heavy atom. The van der Waals surface area contributed by atoms with Crippen molar-refractivity contribution in [2.45, 2.75) is 0 Å². The van der Waals surface area contributed by atoms with E-state index in [4.69, 9.17) is 0 Å². The maximum atomic E-state index is 2.40. The van der Waals surface area contributed by atoms with Crippen LogP contribution in [0.2, 0.25) is 0 Å². The molecule has 0 aliphatic rings. The zero-order valence-corrected chi connectivity index (χ0v) is 30.8. The van der Waals surface area contributed by atoms with Crippen LogP contribution in [0.15, 0.2) is 231 Å². The van der Waals surface area contributed by atoms with Crippen molar-refractivity contribution in [1.82, 2.24) is 4.57 Å². The van der Waals surface area contributed by atoms with Gasteiger partial charge in [0.05, 0.1) is 11.0 Å². The molecule has 0 unspecified atom stereocenters. The van der Waals surface area contributed by atoms with Crippen molar-refractivity contribution in [1.29, 1.82) is 0 Å². The number of hydrogen-bond donors (Lipinski definition) is 0. The molecule has 0 amide bonds. The molecular formula is C54H38N2. The van der Waals surface area contributed by atoms with Gasteiger partial charge in [-0.05, 0) is 111 Å². The molecule has 0 N–H and O–H groups in total. The Hall–Kier alpha value is -7.42. The second kappa shape index (κ2) is 14.4. The summed E-state index contributed by atoms with van der Waals surface area (Å²) >= 11 is 0. The summed E-state index contributed by atoms with van der Waals surface area (Å²) in [5.74, 6) is 0. The van der Waals surface area contributed by atoms with Gasteiger partial charge in [-0.2, -0.15) is 0 Å². The quantitative estimate of drug-likeness (QED) is 0.152. The highest BCUT2D eigenvalue weighted by Gasteiger charge is 2.16. The monoisotopic (exact) mass is 714 g/mol. The number of nitrogens with zero attached hydrogens (tertiary/aromatic N) is 2. The fourth-order valence-corrected chi connectivity index (χ4v) is 8.02. The Bertz CT molecular complexity index is 2930. The molecule has 2 heteroatoms. The smallest absolute Gasteiger partial charge is 0.0541 e. The second-order valence-corrected chi connectivity index (χ2v) is 14.2. The van der Waals surface area contributed by atoms with E-state index in [1.54, 1.807) is 0 Å². The lowest BCUT2D eigenvalue weighted by atomic mass is 10.0. The molecule has 0 bridgehead atoms. The number of rotatable bonds is 8. The highest BCUT2D eigenvalue weighted by atomic mass is 15.1. The van der Waals surface area contributed by atoms with Gasteiger partial charge >= 0.3 is 0 Å². The predicted molar refractivity (Wildman–Crippen MR) is 237 cm³/mol. The van der Waals surface area contributed by atoms with E-state index < -0.39 is 0 Å². The minimum atomic E-state index is 1.10. The molecule has 0 saturated heterocycles. The first-order chi connectivity index (χ1) is 27.8. The lowest BCUT2D eigenvalue weighted by molar-refractivity contribution is 1.18. The van der Waals surface area contributed by atoms with Crippen LogP contribution >= 0.6 is 0 Å². The molecule has 0 saturated carbocycles. The number of anilines is 3. The fraction of sp³-hybridized carbons (Fsp3) is 0. The van der Waals surface area contributed by atoms with Crippen molar-refractivity contribution in [3.05, 3.63) is 231 Å². The Morgan fingerprint density at radius 3 is 1.30 bits per heavy atom. The van der Waals surface area contributed by atoms with Crippen molar-refractivity contribution in [3.63, 3.8) is 0 Å². The van der Waals surface area contributed by atoms with Crippen LogP contribution in [0.25, 0.3) is 72.0 Å². The second-order valence-electron chi connectivity index (χ2n) is 14.2. The van der Waals surface area contributed by atoms with Gasteiger partial charge in [-0.15, -0.1) is 0 Å². The number of para-hydroxylation sites is 1. The molecule has 0 spiro atoms. The van der Waals surface area contributed by atoms with Crippen molar-refractivity contribution in [2.75, 3.05) is 4.90 Å². The SMILES string of the molecule is c1ccc(-c2ccc(N(c3ccc(-c4ccc5c(c4)c4ccccc4n5-c4cccc(-c5ccccc5)c4)cc3)c3cccc(-c4ccccc4)c3)cc2)cc1. The van der Waals surface area contributed by atoms with Gasteiger partial charge in [0.25, 0.3) is 0 Å². The van der Waals surface area contributed by atoms with Gasteiger partial charge in [0.15, 0.2) is 0 Å². The first-order valence-electron chi connectivity index (χ1n) is 19.2. The number of fused-ring (bicyclic) bond motifs is 3. The normalized spacial score (nSPS) is 11.2. The first kappa shape index (κ1) is 33.2. The molecule has 0 aliphatic heterocycles. The molecule has 1 heterocycles. The Morgan fingerprint density at radius 1 is 0.250 bits per heavy atom. The Balaban J connectivity index is 1.04. The summed E-state index contributed by atoms with van der Waals surface area (Å²) in [5.41, 5.74) is 16.4. The summed E-state index contributed by atoms with van der Waals surface area (Å²) in [6.45, 7) is 0. The zero-order chi connectivity index (χ0) is 37.3. The van der Waals surface area contributed by atoms with Crippen LogP contribution in [0, 0.1) is 0 Å². The molecule has 2 nitrogen and oxygen atoms in total. The summed E-state index contributed by atoms with van der Waals surface area (Å²) in [4.78, 5) is 2.35. The van der Waals surface area contributed by atoms with Crippen molar-refractivity contribution in [2.24, 2.45) is 0 Å². The number of benzene rings is 9. The van der Waals surface area contributed by atoms with Crippen LogP contribution < -0.4 is 4.90 Å².